The lowest BCUT2D eigenvalue weighted by atomic mass is 9.78. The highest BCUT2D eigenvalue weighted by Gasteiger charge is 2.25. The Hall–Kier alpha value is -1.93. The van der Waals surface area contributed by atoms with Crippen molar-refractivity contribution in [3.05, 3.63) is 58.7 Å². The van der Waals surface area contributed by atoms with E-state index in [9.17, 15) is 13.5 Å². The third kappa shape index (κ3) is 8.54. The van der Waals surface area contributed by atoms with Gasteiger partial charge in [0.05, 0.1) is 28.3 Å². The van der Waals surface area contributed by atoms with Gasteiger partial charge in [-0.05, 0) is 45.2 Å². The van der Waals surface area contributed by atoms with Gasteiger partial charge in [-0.3, -0.25) is 13.2 Å². The second-order valence-corrected chi connectivity index (χ2v) is 12.2. The Balaban J connectivity index is 0.000000751. The predicted octanol–water partition coefficient (Wildman–Crippen LogP) is 5.21. The molecule has 0 aliphatic carbocycles. The smallest absolute Gasteiger partial charge is 0.397 e. The van der Waals surface area contributed by atoms with Crippen molar-refractivity contribution in [1.29, 1.82) is 0 Å². The SMILES string of the molecule is CC(C)(C)c1cc(Cc2ccc([N+](C)(C)C)cc2)c(O)c(C(C)(C)C)c1.COS(=O)(=O)O. The van der Waals surface area contributed by atoms with Gasteiger partial charge < -0.3 is 5.11 Å². The first-order valence-corrected chi connectivity index (χ1v) is 11.9. The Labute approximate surface area is 194 Å². The molecule has 2 N–H and O–H groups in total. The third-order valence-corrected chi connectivity index (χ3v) is 5.60. The van der Waals surface area contributed by atoms with Crippen LogP contribution in [0, 0.1) is 0 Å². The molecule has 0 aromatic heterocycles. The van der Waals surface area contributed by atoms with Gasteiger partial charge in [-0.2, -0.15) is 8.42 Å². The molecule has 0 atom stereocenters. The van der Waals surface area contributed by atoms with E-state index in [0.717, 1.165) is 29.1 Å². The quantitative estimate of drug-likeness (QED) is 0.477. The highest BCUT2D eigenvalue weighted by molar-refractivity contribution is 7.80. The zero-order chi connectivity index (χ0) is 25.1. The number of aromatic hydroxyl groups is 1. The Morgan fingerprint density at radius 1 is 0.906 bits per heavy atom. The van der Waals surface area contributed by atoms with Crippen LogP contribution in [0.3, 0.4) is 0 Å². The summed E-state index contributed by atoms with van der Waals surface area (Å²) in [6.45, 7) is 13.2. The van der Waals surface area contributed by atoms with Gasteiger partial charge in [-0.25, -0.2) is 0 Å². The number of hydrogen-bond donors (Lipinski definition) is 2. The van der Waals surface area contributed by atoms with Crippen LogP contribution in [-0.4, -0.2) is 46.3 Å². The van der Waals surface area contributed by atoms with Crippen LogP contribution in [0.5, 0.6) is 5.75 Å². The number of rotatable bonds is 4. The van der Waals surface area contributed by atoms with E-state index in [1.807, 2.05) is 0 Å². The van der Waals surface area contributed by atoms with Crippen LogP contribution in [0.2, 0.25) is 0 Å². The lowest BCUT2D eigenvalue weighted by molar-refractivity contribution is 0.324. The Morgan fingerprint density at radius 3 is 1.72 bits per heavy atom. The molecule has 0 radical (unpaired) electrons. The van der Waals surface area contributed by atoms with Gasteiger partial charge in [0.1, 0.15) is 11.4 Å². The topological polar surface area (TPSA) is 83.8 Å². The molecule has 0 aliphatic rings. The maximum atomic E-state index is 11.0. The predicted molar refractivity (Wildman–Crippen MR) is 133 cm³/mol. The van der Waals surface area contributed by atoms with Gasteiger partial charge >= 0.3 is 10.4 Å². The molecule has 0 spiro atoms. The van der Waals surface area contributed by atoms with Crippen LogP contribution in [0.1, 0.15) is 63.8 Å². The molecule has 0 heterocycles. The number of nitrogens with zero attached hydrogens (tertiary/aromatic N) is 1. The van der Waals surface area contributed by atoms with E-state index in [0.29, 0.717) is 5.75 Å². The van der Waals surface area contributed by atoms with Gasteiger partial charge in [0.25, 0.3) is 0 Å². The third-order valence-electron chi connectivity index (χ3n) is 5.18. The maximum Gasteiger partial charge on any atom is 0.397 e. The van der Waals surface area contributed by atoms with Crippen LogP contribution in [-0.2, 0) is 31.8 Å². The molecule has 2 aromatic carbocycles. The van der Waals surface area contributed by atoms with Gasteiger partial charge in [-0.15, -0.1) is 0 Å². The molecule has 0 amide bonds. The average molecular weight is 467 g/mol. The number of quaternary nitrogens is 1. The number of benzene rings is 2. The fourth-order valence-electron chi connectivity index (χ4n) is 3.11. The molecule has 0 unspecified atom stereocenters. The van der Waals surface area contributed by atoms with Crippen LogP contribution in [0.15, 0.2) is 36.4 Å². The number of phenols is 1. The highest BCUT2D eigenvalue weighted by atomic mass is 32.3. The molecule has 0 bridgehead atoms. The zero-order valence-electron chi connectivity index (χ0n) is 21.1. The van der Waals surface area contributed by atoms with E-state index in [4.69, 9.17) is 4.55 Å². The summed E-state index contributed by atoms with van der Waals surface area (Å²) in [5.74, 6) is 0.446. The number of hydrogen-bond acceptors (Lipinski definition) is 4. The van der Waals surface area contributed by atoms with Crippen molar-refractivity contribution in [2.75, 3.05) is 28.3 Å². The lowest BCUT2D eigenvalue weighted by Gasteiger charge is -2.27. The molecular weight excluding hydrogens is 426 g/mol. The second-order valence-electron chi connectivity index (χ2n) is 11.0. The lowest BCUT2D eigenvalue weighted by Crippen LogP contribution is -2.34. The molecule has 2 rings (SSSR count). The van der Waals surface area contributed by atoms with Crippen molar-refractivity contribution < 1.29 is 22.3 Å². The summed E-state index contributed by atoms with van der Waals surface area (Å²) in [5, 5.41) is 11.0. The summed E-state index contributed by atoms with van der Waals surface area (Å²) in [6.07, 6.45) is 0.746. The summed E-state index contributed by atoms with van der Waals surface area (Å²) >= 11 is 0. The minimum Gasteiger partial charge on any atom is -0.507 e. The Morgan fingerprint density at radius 2 is 1.38 bits per heavy atom. The standard InChI is InChI=1S/C24H35NO.CH4O4S/c1-23(2,3)19-15-18(22(26)21(16-19)24(4,5)6)14-17-10-12-20(13-11-17)25(7,8)9;1-5-6(2,3)4/h10-13,15-16H,14H2,1-9H3;1H3,(H,2,3,4)/p+1. The normalized spacial score (nSPS) is 12.8. The molecule has 0 saturated heterocycles. The Kier molecular flexibility index (Phi) is 8.71. The minimum absolute atomic E-state index is 0.0516. The first kappa shape index (κ1) is 28.1. The molecule has 32 heavy (non-hydrogen) atoms. The van der Waals surface area contributed by atoms with Gasteiger partial charge in [-0.1, -0.05) is 65.8 Å². The van der Waals surface area contributed by atoms with E-state index in [1.54, 1.807) is 0 Å². The first-order chi connectivity index (χ1) is 14.3. The zero-order valence-corrected chi connectivity index (χ0v) is 22.0. The van der Waals surface area contributed by atoms with Crippen molar-refractivity contribution >= 4 is 16.1 Å². The van der Waals surface area contributed by atoms with Crippen molar-refractivity contribution in [3.8, 4) is 5.75 Å². The van der Waals surface area contributed by atoms with E-state index in [1.165, 1.54) is 16.8 Å². The van der Waals surface area contributed by atoms with E-state index < -0.39 is 10.4 Å². The average Bonchev–Trinajstić information content (AvgIpc) is 2.61. The van der Waals surface area contributed by atoms with Crippen LogP contribution in [0.25, 0.3) is 0 Å². The molecule has 180 valence electrons. The summed E-state index contributed by atoms with van der Waals surface area (Å²) < 4.78 is 30.5. The largest absolute Gasteiger partial charge is 0.507 e. The Bertz CT molecular complexity index is 1010. The monoisotopic (exact) mass is 466 g/mol. The van der Waals surface area contributed by atoms with Crippen molar-refractivity contribution in [2.24, 2.45) is 0 Å². The van der Waals surface area contributed by atoms with Crippen LogP contribution >= 0.6 is 0 Å². The molecular formula is C25H40NO5S+. The fourth-order valence-corrected chi connectivity index (χ4v) is 3.11. The van der Waals surface area contributed by atoms with E-state index in [2.05, 4.69) is 103 Å². The van der Waals surface area contributed by atoms with Gasteiger partial charge in [0.2, 0.25) is 0 Å². The first-order valence-electron chi connectivity index (χ1n) is 10.6. The highest BCUT2D eigenvalue weighted by Crippen LogP contribution is 2.38. The minimum atomic E-state index is -4.16. The molecule has 7 heteroatoms. The molecule has 2 aromatic rings. The van der Waals surface area contributed by atoms with E-state index in [-0.39, 0.29) is 10.8 Å². The molecule has 6 nitrogen and oxygen atoms in total. The van der Waals surface area contributed by atoms with Crippen molar-refractivity contribution in [2.45, 2.75) is 58.8 Å². The van der Waals surface area contributed by atoms with Crippen LogP contribution in [0.4, 0.5) is 5.69 Å². The van der Waals surface area contributed by atoms with Crippen molar-refractivity contribution in [3.63, 3.8) is 0 Å². The summed E-state index contributed by atoms with van der Waals surface area (Å²) in [5.41, 5.74) is 5.78. The maximum absolute atomic E-state index is 11.0. The van der Waals surface area contributed by atoms with Crippen LogP contribution < -0.4 is 4.48 Å². The van der Waals surface area contributed by atoms with Crippen molar-refractivity contribution in [1.82, 2.24) is 4.48 Å². The van der Waals surface area contributed by atoms with E-state index >= 15 is 0 Å². The summed E-state index contributed by atoms with van der Waals surface area (Å²) in [6, 6.07) is 13.1. The van der Waals surface area contributed by atoms with Gasteiger partial charge in [0.15, 0.2) is 0 Å². The molecule has 0 aliphatic heterocycles. The number of phenolic OH excluding ortho intramolecular Hbond substituents is 1. The summed E-state index contributed by atoms with van der Waals surface area (Å²) in [4.78, 5) is 0. The van der Waals surface area contributed by atoms with Gasteiger partial charge in [0, 0.05) is 6.42 Å². The molecule has 0 fully saturated rings. The second kappa shape index (κ2) is 9.91. The fraction of sp³-hybridized carbons (Fsp3) is 0.520. The summed E-state index contributed by atoms with van der Waals surface area (Å²) in [7, 11) is 3.22. The molecule has 0 saturated carbocycles.